The molecular formula is C11H21NO4. The van der Waals surface area contributed by atoms with Crippen LogP contribution in [-0.4, -0.2) is 43.0 Å². The Hall–Kier alpha value is -0.200. The van der Waals surface area contributed by atoms with Crippen LogP contribution in [0.3, 0.4) is 0 Å². The van der Waals surface area contributed by atoms with Crippen LogP contribution in [0.2, 0.25) is 0 Å². The van der Waals surface area contributed by atoms with E-state index in [1.54, 1.807) is 0 Å². The first-order chi connectivity index (χ1) is 7.33. The van der Waals surface area contributed by atoms with Crippen molar-refractivity contribution in [3.05, 3.63) is 0 Å². The van der Waals surface area contributed by atoms with E-state index in [2.05, 4.69) is 0 Å². The molecule has 0 aromatic heterocycles. The predicted octanol–water partition coefficient (Wildman–Crippen LogP) is 0.617. The molecule has 5 heteroatoms. The van der Waals surface area contributed by atoms with Gasteiger partial charge in [-0.1, -0.05) is 0 Å². The van der Waals surface area contributed by atoms with Gasteiger partial charge in [-0.25, -0.2) is 0 Å². The second kappa shape index (κ2) is 3.92. The minimum Gasteiger partial charge on any atom is -0.348 e. The summed E-state index contributed by atoms with van der Waals surface area (Å²) < 4.78 is 22.8. The molecule has 2 fully saturated rings. The van der Waals surface area contributed by atoms with E-state index in [0.29, 0.717) is 13.2 Å². The minimum atomic E-state index is -0.592. The van der Waals surface area contributed by atoms with Gasteiger partial charge in [-0.05, 0) is 27.7 Å². The molecule has 2 rings (SSSR count). The summed E-state index contributed by atoms with van der Waals surface area (Å²) >= 11 is 0. The molecule has 0 aliphatic carbocycles. The first-order valence-corrected chi connectivity index (χ1v) is 5.70. The second-order valence-corrected chi connectivity index (χ2v) is 5.24. The van der Waals surface area contributed by atoms with E-state index in [9.17, 15) is 0 Å². The fourth-order valence-corrected chi connectivity index (χ4v) is 2.24. The fraction of sp³-hybridized carbons (Fsp3) is 1.00. The van der Waals surface area contributed by atoms with Crippen LogP contribution in [0.15, 0.2) is 0 Å². The van der Waals surface area contributed by atoms with Gasteiger partial charge in [0, 0.05) is 6.54 Å². The van der Waals surface area contributed by atoms with E-state index in [0.717, 1.165) is 0 Å². The summed E-state index contributed by atoms with van der Waals surface area (Å²) in [6, 6.07) is 0. The summed E-state index contributed by atoms with van der Waals surface area (Å²) in [6.45, 7) is 8.51. The highest BCUT2D eigenvalue weighted by atomic mass is 16.8. The smallest absolute Gasteiger partial charge is 0.163 e. The molecule has 16 heavy (non-hydrogen) atoms. The van der Waals surface area contributed by atoms with E-state index in [-0.39, 0.29) is 18.3 Å². The molecule has 3 atom stereocenters. The molecule has 2 N–H and O–H groups in total. The molecule has 0 radical (unpaired) electrons. The maximum absolute atomic E-state index is 5.82. The van der Waals surface area contributed by atoms with Gasteiger partial charge in [0.05, 0.1) is 6.61 Å². The average Bonchev–Trinajstić information content (AvgIpc) is 2.65. The van der Waals surface area contributed by atoms with Crippen molar-refractivity contribution in [1.29, 1.82) is 0 Å². The molecule has 0 spiro atoms. The Labute approximate surface area is 96.2 Å². The Morgan fingerprint density at radius 1 is 1.06 bits per heavy atom. The first-order valence-electron chi connectivity index (χ1n) is 5.70. The molecular weight excluding hydrogens is 210 g/mol. The Kier molecular flexibility index (Phi) is 3.01. The van der Waals surface area contributed by atoms with E-state index in [1.165, 1.54) is 0 Å². The molecule has 0 aromatic rings. The Bertz CT molecular complexity index is 267. The van der Waals surface area contributed by atoms with Crippen LogP contribution in [-0.2, 0) is 18.9 Å². The lowest BCUT2D eigenvalue weighted by atomic mass is 10.1. The standard InChI is InChI=1S/C11H21NO4/c1-10(2)13-6-8(15-10)9-7(5-12)14-11(3,4)16-9/h7-9H,5-6,12H2,1-4H3/t7-,8-,9+/m1/s1. The summed E-state index contributed by atoms with van der Waals surface area (Å²) in [4.78, 5) is 0. The van der Waals surface area contributed by atoms with Crippen molar-refractivity contribution in [1.82, 2.24) is 0 Å². The second-order valence-electron chi connectivity index (χ2n) is 5.24. The van der Waals surface area contributed by atoms with Gasteiger partial charge in [-0.3, -0.25) is 0 Å². The van der Waals surface area contributed by atoms with E-state index >= 15 is 0 Å². The van der Waals surface area contributed by atoms with Crippen molar-refractivity contribution >= 4 is 0 Å². The average molecular weight is 231 g/mol. The molecule has 2 aliphatic rings. The van der Waals surface area contributed by atoms with Gasteiger partial charge in [0.2, 0.25) is 0 Å². The van der Waals surface area contributed by atoms with Gasteiger partial charge in [0.15, 0.2) is 11.6 Å². The van der Waals surface area contributed by atoms with E-state index in [1.807, 2.05) is 27.7 Å². The van der Waals surface area contributed by atoms with Crippen LogP contribution in [0.1, 0.15) is 27.7 Å². The zero-order valence-corrected chi connectivity index (χ0v) is 10.4. The fourth-order valence-electron chi connectivity index (χ4n) is 2.24. The topological polar surface area (TPSA) is 62.9 Å². The normalized spacial score (nSPS) is 41.4. The van der Waals surface area contributed by atoms with Crippen LogP contribution < -0.4 is 5.73 Å². The molecule has 2 saturated heterocycles. The number of nitrogens with two attached hydrogens (primary N) is 1. The molecule has 94 valence electrons. The monoisotopic (exact) mass is 231 g/mol. The Morgan fingerprint density at radius 2 is 1.75 bits per heavy atom. The Balaban J connectivity index is 2.04. The van der Waals surface area contributed by atoms with Crippen molar-refractivity contribution < 1.29 is 18.9 Å². The van der Waals surface area contributed by atoms with Gasteiger partial charge in [0.1, 0.15) is 18.3 Å². The predicted molar refractivity (Wildman–Crippen MR) is 57.8 cm³/mol. The maximum atomic E-state index is 5.82. The third kappa shape index (κ3) is 2.38. The molecule has 0 bridgehead atoms. The van der Waals surface area contributed by atoms with Crippen molar-refractivity contribution in [2.45, 2.75) is 57.6 Å². The van der Waals surface area contributed by atoms with Crippen molar-refractivity contribution in [3.8, 4) is 0 Å². The molecule has 0 aromatic carbocycles. The summed E-state index contributed by atoms with van der Waals surface area (Å²) in [7, 11) is 0. The van der Waals surface area contributed by atoms with Crippen LogP contribution in [0.25, 0.3) is 0 Å². The molecule has 0 unspecified atom stereocenters. The zero-order valence-electron chi connectivity index (χ0n) is 10.4. The first kappa shape index (κ1) is 12.3. The van der Waals surface area contributed by atoms with Gasteiger partial charge in [-0.2, -0.15) is 0 Å². The third-order valence-electron chi connectivity index (χ3n) is 2.85. The third-order valence-corrected chi connectivity index (χ3v) is 2.85. The summed E-state index contributed by atoms with van der Waals surface area (Å²) in [5, 5.41) is 0. The molecule has 5 nitrogen and oxygen atoms in total. The number of rotatable bonds is 2. The van der Waals surface area contributed by atoms with Crippen LogP contribution in [0.4, 0.5) is 0 Å². The SMILES string of the molecule is CC1(C)OC[C@H]([C@H]2OC(C)(C)O[C@@H]2CN)O1. The zero-order chi connectivity index (χ0) is 12.0. The van der Waals surface area contributed by atoms with Crippen LogP contribution in [0, 0.1) is 0 Å². The lowest BCUT2D eigenvalue weighted by molar-refractivity contribution is -0.174. The van der Waals surface area contributed by atoms with Crippen molar-refractivity contribution in [3.63, 3.8) is 0 Å². The lowest BCUT2D eigenvalue weighted by Crippen LogP contribution is -2.41. The summed E-state index contributed by atoms with van der Waals surface area (Å²) in [5.74, 6) is -1.13. The largest absolute Gasteiger partial charge is 0.348 e. The number of hydrogen-bond donors (Lipinski definition) is 1. The van der Waals surface area contributed by atoms with Gasteiger partial charge < -0.3 is 24.7 Å². The van der Waals surface area contributed by atoms with Gasteiger partial charge >= 0.3 is 0 Å². The van der Waals surface area contributed by atoms with E-state index < -0.39 is 11.6 Å². The van der Waals surface area contributed by atoms with Crippen molar-refractivity contribution in [2.75, 3.05) is 13.2 Å². The molecule has 2 heterocycles. The van der Waals surface area contributed by atoms with Gasteiger partial charge in [0.25, 0.3) is 0 Å². The minimum absolute atomic E-state index is 0.106. The van der Waals surface area contributed by atoms with Gasteiger partial charge in [-0.15, -0.1) is 0 Å². The quantitative estimate of drug-likeness (QED) is 0.754. The Morgan fingerprint density at radius 3 is 2.25 bits per heavy atom. The highest BCUT2D eigenvalue weighted by Crippen LogP contribution is 2.34. The van der Waals surface area contributed by atoms with E-state index in [4.69, 9.17) is 24.7 Å². The highest BCUT2D eigenvalue weighted by molar-refractivity contribution is 4.90. The van der Waals surface area contributed by atoms with Crippen molar-refractivity contribution in [2.24, 2.45) is 5.73 Å². The maximum Gasteiger partial charge on any atom is 0.163 e. The van der Waals surface area contributed by atoms with Crippen LogP contribution in [0.5, 0.6) is 0 Å². The number of hydrogen-bond acceptors (Lipinski definition) is 5. The number of ether oxygens (including phenoxy) is 4. The summed E-state index contributed by atoms with van der Waals surface area (Å²) in [5.41, 5.74) is 5.68. The molecule has 0 amide bonds. The highest BCUT2D eigenvalue weighted by Gasteiger charge is 2.49. The lowest BCUT2D eigenvalue weighted by Gasteiger charge is -2.23. The summed E-state index contributed by atoms with van der Waals surface area (Å²) in [6.07, 6.45) is -0.385. The molecule has 2 aliphatic heterocycles. The van der Waals surface area contributed by atoms with Crippen LogP contribution >= 0.6 is 0 Å². The molecule has 0 saturated carbocycles.